The highest BCUT2D eigenvalue weighted by atomic mass is 19.1. The summed E-state index contributed by atoms with van der Waals surface area (Å²) in [5.41, 5.74) is 14.6. The second-order valence-corrected chi connectivity index (χ2v) is 7.31. The van der Waals surface area contributed by atoms with E-state index in [-0.39, 0.29) is 5.82 Å². The second-order valence-electron chi connectivity index (χ2n) is 7.31. The van der Waals surface area contributed by atoms with Crippen LogP contribution in [0.3, 0.4) is 0 Å². The minimum Gasteiger partial charge on any atom is -0.493 e. The van der Waals surface area contributed by atoms with Crippen LogP contribution in [0.4, 0.5) is 10.1 Å². The van der Waals surface area contributed by atoms with E-state index in [0.29, 0.717) is 5.75 Å². The molecule has 0 fully saturated rings. The van der Waals surface area contributed by atoms with Crippen molar-refractivity contribution in [3.05, 3.63) is 94.3 Å². The molecule has 3 heteroatoms. The second kappa shape index (κ2) is 7.51. The van der Waals surface area contributed by atoms with Crippen LogP contribution in [0.5, 0.6) is 5.75 Å². The van der Waals surface area contributed by atoms with E-state index in [4.69, 9.17) is 10.5 Å². The Morgan fingerprint density at radius 1 is 0.929 bits per heavy atom. The van der Waals surface area contributed by atoms with Gasteiger partial charge in [0, 0.05) is 11.3 Å². The largest absolute Gasteiger partial charge is 0.493 e. The van der Waals surface area contributed by atoms with Crippen LogP contribution in [0.25, 0.3) is 11.1 Å². The number of fused-ring (bicyclic) bond motifs is 1. The van der Waals surface area contributed by atoms with Crippen molar-refractivity contribution in [2.24, 2.45) is 0 Å². The molecular formula is C25H24FNO. The maximum atomic E-state index is 14.5. The van der Waals surface area contributed by atoms with Gasteiger partial charge in [0.1, 0.15) is 0 Å². The van der Waals surface area contributed by atoms with E-state index < -0.39 is 0 Å². The number of halogens is 1. The van der Waals surface area contributed by atoms with Crippen molar-refractivity contribution in [1.29, 1.82) is 0 Å². The van der Waals surface area contributed by atoms with E-state index in [1.165, 1.54) is 24.3 Å². The van der Waals surface area contributed by atoms with Gasteiger partial charge in [-0.05, 0) is 72.2 Å². The van der Waals surface area contributed by atoms with Crippen LogP contribution in [0.1, 0.15) is 40.7 Å². The first-order chi connectivity index (χ1) is 13.6. The van der Waals surface area contributed by atoms with Crippen LogP contribution in [0.2, 0.25) is 0 Å². The molecule has 0 aromatic heterocycles. The zero-order valence-electron chi connectivity index (χ0n) is 16.3. The molecule has 0 bridgehead atoms. The lowest BCUT2D eigenvalue weighted by Gasteiger charge is -2.19. The molecule has 0 radical (unpaired) electrons. The highest BCUT2D eigenvalue weighted by Crippen LogP contribution is 2.43. The fourth-order valence-corrected chi connectivity index (χ4v) is 4.08. The number of allylic oxidation sites excluding steroid dienone is 1. The number of hydrogen-bond acceptors (Lipinski definition) is 2. The van der Waals surface area contributed by atoms with Crippen LogP contribution in [-0.2, 0) is 6.42 Å². The average Bonchev–Trinajstić information content (AvgIpc) is 2.87. The third-order valence-corrected chi connectivity index (χ3v) is 5.41. The van der Waals surface area contributed by atoms with Gasteiger partial charge in [0.05, 0.1) is 7.11 Å². The predicted octanol–water partition coefficient (Wildman–Crippen LogP) is 6.02. The maximum absolute atomic E-state index is 14.5. The number of ether oxygens (including phenoxy) is 1. The molecule has 3 aromatic rings. The summed E-state index contributed by atoms with van der Waals surface area (Å²) < 4.78 is 19.9. The standard InChI is InChI=1S/C25H24FNO/c1-16-9-11-17(12-10-16)24-20-14-13-19(27)15-18(20)5-3-6-21(24)22-7-4-8-23(26)25(22)28-2/h4,7-15H,3,5-6,27H2,1-2H3. The van der Waals surface area contributed by atoms with Crippen LogP contribution < -0.4 is 10.5 Å². The Hall–Kier alpha value is -3.07. The average molecular weight is 373 g/mol. The van der Waals surface area contributed by atoms with Gasteiger partial charge >= 0.3 is 0 Å². The summed E-state index contributed by atoms with van der Waals surface area (Å²) >= 11 is 0. The zero-order chi connectivity index (χ0) is 19.7. The molecule has 0 unspecified atom stereocenters. The maximum Gasteiger partial charge on any atom is 0.165 e. The fourth-order valence-electron chi connectivity index (χ4n) is 4.08. The number of methoxy groups -OCH3 is 1. The molecule has 0 saturated carbocycles. The van der Waals surface area contributed by atoms with Crippen LogP contribution >= 0.6 is 0 Å². The van der Waals surface area contributed by atoms with E-state index in [1.54, 1.807) is 6.07 Å². The number of para-hydroxylation sites is 1. The van der Waals surface area contributed by atoms with Gasteiger partial charge in [-0.3, -0.25) is 0 Å². The molecule has 0 spiro atoms. The lowest BCUT2D eigenvalue weighted by molar-refractivity contribution is 0.385. The number of benzene rings is 3. The Morgan fingerprint density at radius 3 is 2.46 bits per heavy atom. The van der Waals surface area contributed by atoms with Gasteiger partial charge in [-0.25, -0.2) is 4.39 Å². The first-order valence-corrected chi connectivity index (χ1v) is 9.60. The number of nitrogens with two attached hydrogens (primary N) is 1. The number of rotatable bonds is 3. The molecule has 4 rings (SSSR count). The van der Waals surface area contributed by atoms with Crippen LogP contribution in [0, 0.1) is 12.7 Å². The van der Waals surface area contributed by atoms with Crippen molar-refractivity contribution in [2.45, 2.75) is 26.2 Å². The van der Waals surface area contributed by atoms with Crippen molar-refractivity contribution in [3.63, 3.8) is 0 Å². The van der Waals surface area contributed by atoms with E-state index in [2.05, 4.69) is 43.3 Å². The highest BCUT2D eigenvalue weighted by molar-refractivity contribution is 6.01. The van der Waals surface area contributed by atoms with Crippen molar-refractivity contribution in [2.75, 3.05) is 12.8 Å². The zero-order valence-corrected chi connectivity index (χ0v) is 16.3. The first kappa shape index (κ1) is 18.3. The molecular weight excluding hydrogens is 349 g/mol. The van der Waals surface area contributed by atoms with E-state index in [9.17, 15) is 4.39 Å². The Balaban J connectivity index is 2.05. The summed E-state index contributed by atoms with van der Waals surface area (Å²) in [6, 6.07) is 19.8. The predicted molar refractivity (Wildman–Crippen MR) is 114 cm³/mol. The molecule has 1 aliphatic carbocycles. The number of anilines is 1. The number of aryl methyl sites for hydroxylation is 2. The summed E-state index contributed by atoms with van der Waals surface area (Å²) in [4.78, 5) is 0. The summed E-state index contributed by atoms with van der Waals surface area (Å²) in [5.74, 6) is -0.0291. The summed E-state index contributed by atoms with van der Waals surface area (Å²) in [6.45, 7) is 2.08. The molecule has 0 heterocycles. The topological polar surface area (TPSA) is 35.2 Å². The third-order valence-electron chi connectivity index (χ3n) is 5.41. The van der Waals surface area contributed by atoms with Gasteiger partial charge in [-0.15, -0.1) is 0 Å². The molecule has 28 heavy (non-hydrogen) atoms. The third kappa shape index (κ3) is 3.29. The lowest BCUT2D eigenvalue weighted by atomic mass is 9.87. The highest BCUT2D eigenvalue weighted by Gasteiger charge is 2.23. The summed E-state index contributed by atoms with van der Waals surface area (Å²) in [6.07, 6.45) is 2.76. The van der Waals surface area contributed by atoms with Gasteiger partial charge in [-0.1, -0.05) is 48.0 Å². The molecule has 0 amide bonds. The Kier molecular flexibility index (Phi) is 4.91. The van der Waals surface area contributed by atoms with Crippen molar-refractivity contribution < 1.29 is 9.13 Å². The minimum absolute atomic E-state index is 0.306. The van der Waals surface area contributed by atoms with E-state index >= 15 is 0 Å². The molecule has 0 saturated heterocycles. The quantitative estimate of drug-likeness (QED) is 0.570. The van der Waals surface area contributed by atoms with Gasteiger partial charge in [0.25, 0.3) is 0 Å². The van der Waals surface area contributed by atoms with E-state index in [0.717, 1.165) is 52.8 Å². The molecule has 0 aliphatic heterocycles. The molecule has 2 N–H and O–H groups in total. The normalized spacial score (nSPS) is 13.8. The fraction of sp³-hybridized carbons (Fsp3) is 0.200. The Morgan fingerprint density at radius 2 is 1.71 bits per heavy atom. The lowest BCUT2D eigenvalue weighted by Crippen LogP contribution is -2.00. The van der Waals surface area contributed by atoms with Gasteiger partial charge in [-0.2, -0.15) is 0 Å². The van der Waals surface area contributed by atoms with Crippen molar-refractivity contribution >= 4 is 16.8 Å². The van der Waals surface area contributed by atoms with Crippen LogP contribution in [-0.4, -0.2) is 7.11 Å². The monoisotopic (exact) mass is 373 g/mol. The van der Waals surface area contributed by atoms with Crippen LogP contribution in [0.15, 0.2) is 60.7 Å². The van der Waals surface area contributed by atoms with E-state index in [1.807, 2.05) is 12.1 Å². The number of nitrogen functional groups attached to an aromatic ring is 1. The SMILES string of the molecule is COc1c(F)cccc1C1=C(c2ccc(C)cc2)c2ccc(N)cc2CCC1. The minimum atomic E-state index is -0.336. The smallest absolute Gasteiger partial charge is 0.165 e. The first-order valence-electron chi connectivity index (χ1n) is 9.60. The molecule has 3 aromatic carbocycles. The van der Waals surface area contributed by atoms with Crippen molar-refractivity contribution in [1.82, 2.24) is 0 Å². The molecule has 142 valence electrons. The van der Waals surface area contributed by atoms with Gasteiger partial charge in [0.2, 0.25) is 0 Å². The summed E-state index contributed by atoms with van der Waals surface area (Å²) in [5, 5.41) is 0. The van der Waals surface area contributed by atoms with Gasteiger partial charge in [0.15, 0.2) is 11.6 Å². The van der Waals surface area contributed by atoms with Gasteiger partial charge < -0.3 is 10.5 Å². The molecule has 0 atom stereocenters. The summed E-state index contributed by atoms with van der Waals surface area (Å²) in [7, 11) is 1.53. The molecule has 1 aliphatic rings. The Labute approximate surface area is 165 Å². The molecule has 2 nitrogen and oxygen atoms in total. The number of hydrogen-bond donors (Lipinski definition) is 1. The van der Waals surface area contributed by atoms with Crippen molar-refractivity contribution in [3.8, 4) is 5.75 Å². The Bertz CT molecular complexity index is 1050.